The molecule has 0 aliphatic carbocycles. The normalized spacial score (nSPS) is 13.3. The van der Waals surface area contributed by atoms with Crippen molar-refractivity contribution in [3.05, 3.63) is 46.6 Å². The number of rotatable bonds is 5. The van der Waals surface area contributed by atoms with Gasteiger partial charge in [-0.2, -0.15) is 0 Å². The molecule has 1 heterocycles. The number of halogens is 1. The fourth-order valence-corrected chi connectivity index (χ4v) is 2.39. The van der Waals surface area contributed by atoms with Crippen LogP contribution in [0.1, 0.15) is 12.7 Å². The molecule has 23 heavy (non-hydrogen) atoms. The summed E-state index contributed by atoms with van der Waals surface area (Å²) in [4.78, 5) is 23.4. The van der Waals surface area contributed by atoms with E-state index in [9.17, 15) is 9.59 Å². The Bertz CT molecular complexity index is 697. The molecule has 7 heteroatoms. The standard InChI is InChI=1S/C16H18BrN3O3/c1-10(15(21)19-16(18)22)20(2)9-13-7-8-14(23-13)11-3-5-12(17)6-4-11/h3-8,10H,9H2,1-2H3,(H3,18,19,21,22)/p+1/t10-/m0/s1. The summed E-state index contributed by atoms with van der Waals surface area (Å²) < 4.78 is 6.84. The summed E-state index contributed by atoms with van der Waals surface area (Å²) in [7, 11) is 1.85. The average Bonchev–Trinajstić information content (AvgIpc) is 2.94. The number of imide groups is 1. The molecule has 1 aromatic heterocycles. The number of amides is 3. The number of urea groups is 1. The summed E-state index contributed by atoms with van der Waals surface area (Å²) in [5, 5.41) is 2.09. The summed E-state index contributed by atoms with van der Waals surface area (Å²) >= 11 is 3.40. The Morgan fingerprint density at radius 3 is 2.52 bits per heavy atom. The van der Waals surface area contributed by atoms with Gasteiger partial charge in [-0.15, -0.1) is 0 Å². The van der Waals surface area contributed by atoms with E-state index in [4.69, 9.17) is 10.2 Å². The van der Waals surface area contributed by atoms with Crippen molar-refractivity contribution >= 4 is 27.9 Å². The van der Waals surface area contributed by atoms with Gasteiger partial charge in [0.05, 0.1) is 7.05 Å². The van der Waals surface area contributed by atoms with Gasteiger partial charge in [0.2, 0.25) is 0 Å². The van der Waals surface area contributed by atoms with Crippen LogP contribution in [0.2, 0.25) is 0 Å². The highest BCUT2D eigenvalue weighted by atomic mass is 79.9. The second kappa shape index (κ2) is 7.43. The zero-order valence-electron chi connectivity index (χ0n) is 12.9. The fraction of sp³-hybridized carbons (Fsp3) is 0.250. The Kier molecular flexibility index (Phi) is 5.57. The van der Waals surface area contributed by atoms with Crippen LogP contribution in [0, 0.1) is 0 Å². The van der Waals surface area contributed by atoms with Crippen LogP contribution in [0.5, 0.6) is 0 Å². The van der Waals surface area contributed by atoms with Gasteiger partial charge in [0.1, 0.15) is 12.3 Å². The second-order valence-corrected chi connectivity index (χ2v) is 6.29. The van der Waals surface area contributed by atoms with Gasteiger partial charge in [0, 0.05) is 10.0 Å². The largest absolute Gasteiger partial charge is 0.455 e. The molecule has 0 bridgehead atoms. The van der Waals surface area contributed by atoms with Gasteiger partial charge in [-0.05, 0) is 31.2 Å². The molecule has 4 N–H and O–H groups in total. The Hall–Kier alpha value is -2.12. The first-order valence-electron chi connectivity index (χ1n) is 7.14. The number of hydrogen-bond donors (Lipinski definition) is 3. The van der Waals surface area contributed by atoms with Crippen molar-refractivity contribution in [3.63, 3.8) is 0 Å². The van der Waals surface area contributed by atoms with Crippen molar-refractivity contribution in [1.29, 1.82) is 0 Å². The van der Waals surface area contributed by atoms with E-state index in [0.29, 0.717) is 6.54 Å². The van der Waals surface area contributed by atoms with Crippen LogP contribution in [0.25, 0.3) is 11.3 Å². The minimum atomic E-state index is -0.842. The molecule has 0 saturated heterocycles. The predicted molar refractivity (Wildman–Crippen MR) is 89.6 cm³/mol. The lowest BCUT2D eigenvalue weighted by molar-refractivity contribution is -0.909. The summed E-state index contributed by atoms with van der Waals surface area (Å²) in [5.74, 6) is 1.13. The molecule has 2 aromatic rings. The highest BCUT2D eigenvalue weighted by molar-refractivity contribution is 9.10. The van der Waals surface area contributed by atoms with E-state index in [-0.39, 0.29) is 0 Å². The predicted octanol–water partition coefficient (Wildman–Crippen LogP) is 1.31. The maximum absolute atomic E-state index is 11.8. The van der Waals surface area contributed by atoms with Crippen LogP contribution in [0.3, 0.4) is 0 Å². The van der Waals surface area contributed by atoms with Crippen molar-refractivity contribution in [2.24, 2.45) is 5.73 Å². The maximum Gasteiger partial charge on any atom is 0.319 e. The molecule has 6 nitrogen and oxygen atoms in total. The number of hydrogen-bond acceptors (Lipinski definition) is 3. The number of benzene rings is 1. The first-order chi connectivity index (χ1) is 10.9. The quantitative estimate of drug-likeness (QED) is 0.730. The lowest BCUT2D eigenvalue weighted by Gasteiger charge is -2.19. The molecule has 0 spiro atoms. The van der Waals surface area contributed by atoms with Crippen LogP contribution in [0.15, 0.2) is 45.3 Å². The maximum atomic E-state index is 11.8. The van der Waals surface area contributed by atoms with E-state index in [0.717, 1.165) is 26.5 Å². The topological polar surface area (TPSA) is 89.8 Å². The summed E-state index contributed by atoms with van der Waals surface area (Å²) in [6.45, 7) is 2.25. The van der Waals surface area contributed by atoms with Crippen molar-refractivity contribution in [2.45, 2.75) is 19.5 Å². The average molecular weight is 381 g/mol. The van der Waals surface area contributed by atoms with E-state index < -0.39 is 18.0 Å². The number of carbonyl (C=O) groups excluding carboxylic acids is 2. The number of quaternary nitrogens is 1. The molecule has 1 aromatic carbocycles. The monoisotopic (exact) mass is 380 g/mol. The molecule has 1 unspecified atom stereocenters. The highest BCUT2D eigenvalue weighted by Gasteiger charge is 2.24. The Balaban J connectivity index is 2.02. The number of likely N-dealkylation sites (N-methyl/N-ethyl adjacent to an activating group) is 1. The molecule has 122 valence electrons. The molecule has 2 rings (SSSR count). The van der Waals surface area contributed by atoms with Crippen LogP contribution in [-0.2, 0) is 11.3 Å². The smallest absolute Gasteiger partial charge is 0.319 e. The molecule has 0 saturated carbocycles. The van der Waals surface area contributed by atoms with Crippen molar-refractivity contribution in [2.75, 3.05) is 7.05 Å². The number of carbonyl (C=O) groups is 2. The van der Waals surface area contributed by atoms with Gasteiger partial charge < -0.3 is 15.1 Å². The van der Waals surface area contributed by atoms with Gasteiger partial charge in [0.15, 0.2) is 11.8 Å². The van der Waals surface area contributed by atoms with Gasteiger partial charge in [-0.1, -0.05) is 28.1 Å². The highest BCUT2D eigenvalue weighted by Crippen LogP contribution is 2.23. The van der Waals surface area contributed by atoms with E-state index in [1.807, 2.05) is 43.4 Å². The van der Waals surface area contributed by atoms with E-state index in [1.54, 1.807) is 6.92 Å². The minimum Gasteiger partial charge on any atom is -0.455 e. The number of nitrogens with one attached hydrogen (secondary N) is 2. The molecule has 0 aliphatic rings. The molecule has 3 amide bonds. The van der Waals surface area contributed by atoms with Crippen LogP contribution in [0.4, 0.5) is 4.79 Å². The van der Waals surface area contributed by atoms with E-state index >= 15 is 0 Å². The first-order valence-corrected chi connectivity index (χ1v) is 7.93. The third-order valence-corrected chi connectivity index (χ3v) is 4.15. The van der Waals surface area contributed by atoms with Crippen molar-refractivity contribution < 1.29 is 18.9 Å². The SMILES string of the molecule is C[C@@H](C(=O)NC(N)=O)[NH+](C)Cc1ccc(-c2ccc(Br)cc2)o1. The third kappa shape index (κ3) is 4.67. The van der Waals surface area contributed by atoms with Crippen molar-refractivity contribution in [3.8, 4) is 11.3 Å². The van der Waals surface area contributed by atoms with Gasteiger partial charge in [0.25, 0.3) is 5.91 Å². The third-order valence-electron chi connectivity index (χ3n) is 3.62. The second-order valence-electron chi connectivity index (χ2n) is 5.37. The fourth-order valence-electron chi connectivity index (χ4n) is 2.12. The van der Waals surface area contributed by atoms with Crippen LogP contribution in [-0.4, -0.2) is 25.0 Å². The summed E-state index contributed by atoms with van der Waals surface area (Å²) in [6.07, 6.45) is 0. The lowest BCUT2D eigenvalue weighted by Crippen LogP contribution is -3.12. The van der Waals surface area contributed by atoms with E-state index in [2.05, 4.69) is 21.2 Å². The molecular formula is C16H19BrN3O3+. The summed E-state index contributed by atoms with van der Waals surface area (Å²) in [5.41, 5.74) is 5.94. The number of primary amides is 1. The lowest BCUT2D eigenvalue weighted by atomic mass is 10.2. The molecule has 0 fully saturated rings. The zero-order chi connectivity index (χ0) is 17.0. The van der Waals surface area contributed by atoms with Crippen molar-refractivity contribution in [1.82, 2.24) is 5.32 Å². The molecule has 2 atom stereocenters. The minimum absolute atomic E-state index is 0.408. The Morgan fingerprint density at radius 2 is 1.91 bits per heavy atom. The van der Waals surface area contributed by atoms with E-state index in [1.165, 1.54) is 0 Å². The van der Waals surface area contributed by atoms with Gasteiger partial charge in [-0.3, -0.25) is 10.1 Å². The Labute approximate surface area is 142 Å². The van der Waals surface area contributed by atoms with Gasteiger partial charge in [-0.25, -0.2) is 4.79 Å². The Morgan fingerprint density at radius 1 is 1.26 bits per heavy atom. The molecular weight excluding hydrogens is 362 g/mol. The molecule has 0 radical (unpaired) electrons. The summed E-state index contributed by atoms with van der Waals surface area (Å²) in [6, 6.07) is 10.3. The number of furan rings is 1. The van der Waals surface area contributed by atoms with Crippen LogP contribution < -0.4 is 16.0 Å². The first kappa shape index (κ1) is 17.2. The van der Waals surface area contributed by atoms with Crippen LogP contribution >= 0.6 is 15.9 Å². The zero-order valence-corrected chi connectivity index (χ0v) is 14.5. The number of nitrogens with two attached hydrogens (primary N) is 1. The molecule has 0 aliphatic heterocycles. The van der Waals surface area contributed by atoms with Gasteiger partial charge >= 0.3 is 6.03 Å².